The predicted molar refractivity (Wildman–Crippen MR) is 52.4 cm³/mol. The van der Waals surface area contributed by atoms with Gasteiger partial charge >= 0.3 is 6.09 Å². The van der Waals surface area contributed by atoms with Crippen LogP contribution in [-0.4, -0.2) is 18.7 Å². The van der Waals surface area contributed by atoms with Crippen molar-refractivity contribution in [3.05, 3.63) is 29.8 Å². The number of amides is 1. The molecule has 14 heavy (non-hydrogen) atoms. The first-order valence-electron chi connectivity index (χ1n) is 4.90. The zero-order chi connectivity index (χ0) is 9.54. The lowest BCUT2D eigenvalue weighted by Gasteiger charge is -2.28. The van der Waals surface area contributed by atoms with Crippen LogP contribution in [-0.2, 0) is 11.2 Å². The highest BCUT2D eigenvalue weighted by Crippen LogP contribution is 2.33. The van der Waals surface area contributed by atoms with Gasteiger partial charge in [0.05, 0.1) is 11.7 Å². The number of fused-ring (bicyclic) bond motifs is 3. The average molecular weight is 189 g/mol. The first-order valence-corrected chi connectivity index (χ1v) is 4.90. The second-order valence-electron chi connectivity index (χ2n) is 3.77. The van der Waals surface area contributed by atoms with Crippen molar-refractivity contribution >= 4 is 11.8 Å². The van der Waals surface area contributed by atoms with Gasteiger partial charge in [-0.1, -0.05) is 18.2 Å². The SMILES string of the molecule is O=C1OCC2CCc3ccccc3N12. The highest BCUT2D eigenvalue weighted by atomic mass is 16.6. The summed E-state index contributed by atoms with van der Waals surface area (Å²) >= 11 is 0. The molecule has 0 aromatic heterocycles. The number of carbonyl (C=O) groups excluding carboxylic acids is 1. The van der Waals surface area contributed by atoms with Crippen LogP contribution in [0.15, 0.2) is 24.3 Å². The van der Waals surface area contributed by atoms with Crippen molar-refractivity contribution in [2.45, 2.75) is 18.9 Å². The van der Waals surface area contributed by atoms with E-state index in [2.05, 4.69) is 6.07 Å². The summed E-state index contributed by atoms with van der Waals surface area (Å²) in [6.07, 6.45) is 1.87. The van der Waals surface area contributed by atoms with E-state index >= 15 is 0 Å². The fourth-order valence-electron chi connectivity index (χ4n) is 2.25. The van der Waals surface area contributed by atoms with Gasteiger partial charge in [0.2, 0.25) is 0 Å². The van der Waals surface area contributed by atoms with Gasteiger partial charge in [-0.3, -0.25) is 4.90 Å². The van der Waals surface area contributed by atoms with E-state index in [4.69, 9.17) is 4.74 Å². The molecule has 1 aromatic rings. The van der Waals surface area contributed by atoms with Crippen molar-refractivity contribution in [1.29, 1.82) is 0 Å². The van der Waals surface area contributed by atoms with E-state index < -0.39 is 0 Å². The largest absolute Gasteiger partial charge is 0.447 e. The summed E-state index contributed by atoms with van der Waals surface area (Å²) in [5, 5.41) is 0. The van der Waals surface area contributed by atoms with Gasteiger partial charge in [-0.05, 0) is 24.5 Å². The van der Waals surface area contributed by atoms with E-state index in [-0.39, 0.29) is 12.1 Å². The molecule has 1 saturated heterocycles. The molecule has 2 aliphatic rings. The molecule has 0 aliphatic carbocycles. The molecule has 1 amide bonds. The standard InChI is InChI=1S/C11H11NO2/c13-11-12-9(7-14-11)6-5-8-3-1-2-4-10(8)12/h1-4,9H,5-7H2. The molecule has 2 aliphatic heterocycles. The summed E-state index contributed by atoms with van der Waals surface area (Å²) in [6.45, 7) is 0.549. The first kappa shape index (κ1) is 7.85. The zero-order valence-electron chi connectivity index (χ0n) is 7.77. The molecule has 3 nitrogen and oxygen atoms in total. The maximum absolute atomic E-state index is 11.5. The molecule has 2 heterocycles. The molecule has 3 rings (SSSR count). The number of cyclic esters (lactones) is 1. The molecule has 0 bridgehead atoms. The molecular weight excluding hydrogens is 178 g/mol. The van der Waals surface area contributed by atoms with E-state index in [1.165, 1.54) is 5.56 Å². The van der Waals surface area contributed by atoms with Gasteiger partial charge in [0.1, 0.15) is 6.61 Å². The van der Waals surface area contributed by atoms with Crippen LogP contribution in [0.25, 0.3) is 0 Å². The van der Waals surface area contributed by atoms with E-state index in [0.717, 1.165) is 18.5 Å². The number of hydrogen-bond acceptors (Lipinski definition) is 2. The van der Waals surface area contributed by atoms with Crippen LogP contribution in [0.4, 0.5) is 10.5 Å². The molecule has 3 heteroatoms. The van der Waals surface area contributed by atoms with Crippen LogP contribution >= 0.6 is 0 Å². The number of aryl methyl sites for hydroxylation is 1. The highest BCUT2D eigenvalue weighted by Gasteiger charge is 2.37. The second-order valence-corrected chi connectivity index (χ2v) is 3.77. The minimum atomic E-state index is -0.192. The van der Waals surface area contributed by atoms with Gasteiger partial charge in [-0.15, -0.1) is 0 Å². The molecule has 0 N–H and O–H groups in total. The summed E-state index contributed by atoms with van der Waals surface area (Å²) in [5.74, 6) is 0. The van der Waals surface area contributed by atoms with Gasteiger partial charge in [-0.25, -0.2) is 4.79 Å². The Labute approximate surface area is 82.3 Å². The number of rotatable bonds is 0. The third kappa shape index (κ3) is 0.953. The lowest BCUT2D eigenvalue weighted by atomic mass is 9.97. The van der Waals surface area contributed by atoms with E-state index in [1.807, 2.05) is 18.2 Å². The maximum Gasteiger partial charge on any atom is 0.414 e. The predicted octanol–water partition coefficient (Wildman–Crippen LogP) is 1.96. The molecular formula is C11H11NO2. The Morgan fingerprint density at radius 3 is 3.14 bits per heavy atom. The maximum atomic E-state index is 11.5. The molecule has 1 fully saturated rings. The molecule has 1 unspecified atom stereocenters. The van der Waals surface area contributed by atoms with E-state index in [9.17, 15) is 4.79 Å². The van der Waals surface area contributed by atoms with Crippen molar-refractivity contribution in [3.8, 4) is 0 Å². The lowest BCUT2D eigenvalue weighted by molar-refractivity contribution is 0.178. The minimum absolute atomic E-state index is 0.192. The van der Waals surface area contributed by atoms with Crippen LogP contribution in [0.5, 0.6) is 0 Å². The van der Waals surface area contributed by atoms with E-state index in [1.54, 1.807) is 4.90 Å². The van der Waals surface area contributed by atoms with Crippen LogP contribution in [0.3, 0.4) is 0 Å². The molecule has 1 atom stereocenters. The summed E-state index contributed by atoms with van der Waals surface area (Å²) in [5.41, 5.74) is 2.29. The number of para-hydroxylation sites is 1. The van der Waals surface area contributed by atoms with Crippen LogP contribution in [0.1, 0.15) is 12.0 Å². The molecule has 1 aromatic carbocycles. The summed E-state index contributed by atoms with van der Waals surface area (Å²) in [7, 11) is 0. The number of carbonyl (C=O) groups is 1. The van der Waals surface area contributed by atoms with Crippen LogP contribution < -0.4 is 4.90 Å². The lowest BCUT2D eigenvalue weighted by Crippen LogP contribution is -2.37. The number of benzene rings is 1. The number of ether oxygens (including phenoxy) is 1. The quantitative estimate of drug-likeness (QED) is 0.624. The second kappa shape index (κ2) is 2.74. The Hall–Kier alpha value is -1.51. The van der Waals surface area contributed by atoms with Gasteiger partial charge in [0.25, 0.3) is 0 Å². The Balaban J connectivity index is 2.11. The zero-order valence-corrected chi connectivity index (χ0v) is 7.77. The molecule has 0 radical (unpaired) electrons. The minimum Gasteiger partial charge on any atom is -0.447 e. The van der Waals surface area contributed by atoms with E-state index in [0.29, 0.717) is 6.61 Å². The van der Waals surface area contributed by atoms with Crippen LogP contribution in [0.2, 0.25) is 0 Å². The third-order valence-corrected chi connectivity index (χ3v) is 2.96. The van der Waals surface area contributed by atoms with Gasteiger partial charge in [0.15, 0.2) is 0 Å². The van der Waals surface area contributed by atoms with Gasteiger partial charge < -0.3 is 4.74 Å². The molecule has 0 saturated carbocycles. The normalized spacial score (nSPS) is 24.1. The Kier molecular flexibility index (Phi) is 1.54. The topological polar surface area (TPSA) is 29.5 Å². The fourth-order valence-corrected chi connectivity index (χ4v) is 2.25. The van der Waals surface area contributed by atoms with Gasteiger partial charge in [-0.2, -0.15) is 0 Å². The number of nitrogens with zero attached hydrogens (tertiary/aromatic N) is 1. The Bertz CT molecular complexity index is 389. The first-order chi connectivity index (χ1) is 6.86. The van der Waals surface area contributed by atoms with Crippen molar-refractivity contribution in [2.75, 3.05) is 11.5 Å². The fraction of sp³-hybridized carbons (Fsp3) is 0.364. The third-order valence-electron chi connectivity index (χ3n) is 2.96. The van der Waals surface area contributed by atoms with Crippen LogP contribution in [0, 0.1) is 0 Å². The summed E-state index contributed by atoms with van der Waals surface area (Å²) < 4.78 is 5.04. The molecule has 72 valence electrons. The van der Waals surface area contributed by atoms with Gasteiger partial charge in [0, 0.05) is 0 Å². The monoisotopic (exact) mass is 189 g/mol. The smallest absolute Gasteiger partial charge is 0.414 e. The summed E-state index contributed by atoms with van der Waals surface area (Å²) in [6, 6.07) is 8.32. The number of hydrogen-bond donors (Lipinski definition) is 0. The molecule has 0 spiro atoms. The average Bonchev–Trinajstić information content (AvgIpc) is 2.61. The summed E-state index contributed by atoms with van der Waals surface area (Å²) in [4.78, 5) is 13.3. The highest BCUT2D eigenvalue weighted by molar-refractivity contribution is 5.91. The number of anilines is 1. The Morgan fingerprint density at radius 2 is 2.21 bits per heavy atom. The van der Waals surface area contributed by atoms with Crippen molar-refractivity contribution in [3.63, 3.8) is 0 Å². The van der Waals surface area contributed by atoms with Crippen molar-refractivity contribution in [2.24, 2.45) is 0 Å². The van der Waals surface area contributed by atoms with Crippen molar-refractivity contribution < 1.29 is 9.53 Å². The Morgan fingerprint density at radius 1 is 1.36 bits per heavy atom. The van der Waals surface area contributed by atoms with Crippen molar-refractivity contribution in [1.82, 2.24) is 0 Å².